The molecule has 1 rings (SSSR count). The van der Waals surface area contributed by atoms with E-state index in [0.29, 0.717) is 0 Å². The van der Waals surface area contributed by atoms with Gasteiger partial charge in [-0.05, 0) is 19.9 Å². The van der Waals surface area contributed by atoms with E-state index in [-0.39, 0.29) is 6.61 Å². The van der Waals surface area contributed by atoms with Crippen LogP contribution < -0.4 is 5.43 Å². The predicted octanol–water partition coefficient (Wildman–Crippen LogP) is 1.88. The Morgan fingerprint density at radius 2 is 2.00 bits per heavy atom. The summed E-state index contributed by atoms with van der Waals surface area (Å²) >= 11 is 0. The van der Waals surface area contributed by atoms with E-state index >= 15 is 0 Å². The monoisotopic (exact) mass is 224 g/mol. The third-order valence-corrected chi connectivity index (χ3v) is 2.30. The van der Waals surface area contributed by atoms with Crippen molar-refractivity contribution >= 4 is 0 Å². The molecule has 0 fully saturated rings. The lowest BCUT2D eigenvalue weighted by Gasteiger charge is -2.29. The molecule has 1 aliphatic heterocycles. The summed E-state index contributed by atoms with van der Waals surface area (Å²) in [5, 5.41) is 1.59. The molecule has 1 aliphatic rings. The van der Waals surface area contributed by atoms with Gasteiger partial charge in [0.1, 0.15) is 6.23 Å². The van der Waals surface area contributed by atoms with Gasteiger partial charge in [0.25, 0.3) is 0 Å². The second-order valence-electron chi connectivity index (χ2n) is 4.18. The van der Waals surface area contributed by atoms with Gasteiger partial charge in [0.2, 0.25) is 0 Å². The molecule has 1 atom stereocenters. The maximum absolute atomic E-state index is 12.5. The van der Waals surface area contributed by atoms with E-state index in [1.54, 1.807) is 24.3 Å². The fourth-order valence-corrected chi connectivity index (χ4v) is 0.988. The van der Waals surface area contributed by atoms with Gasteiger partial charge in [0.05, 0.1) is 12.0 Å². The van der Waals surface area contributed by atoms with Gasteiger partial charge < -0.3 is 10.2 Å². The Bertz CT molecular complexity index is 250. The first-order valence-corrected chi connectivity index (χ1v) is 4.58. The molecular weight excluding hydrogens is 209 g/mol. The molecule has 0 radical (unpaired) electrons. The first kappa shape index (κ1) is 12.3. The molecule has 88 valence electrons. The number of likely N-dealkylation sites (N-methyl/N-ethyl adjacent to an activating group) is 1. The second kappa shape index (κ2) is 4.02. The maximum Gasteiger partial charge on any atom is 0.396 e. The van der Waals surface area contributed by atoms with E-state index in [2.05, 4.69) is 5.43 Å². The Balaban J connectivity index is 2.46. The number of hydrazine groups is 1. The van der Waals surface area contributed by atoms with Gasteiger partial charge in [-0.25, -0.2) is 0 Å². The summed E-state index contributed by atoms with van der Waals surface area (Å²) in [5.74, 6) is 0. The smallest absolute Gasteiger partial charge is 0.357 e. The maximum atomic E-state index is 12.5. The lowest BCUT2D eigenvalue weighted by atomic mass is 9.94. The number of hydrogen-bond acceptors (Lipinski definition) is 3. The molecule has 0 saturated carbocycles. The summed E-state index contributed by atoms with van der Waals surface area (Å²) in [5.41, 5.74) is 0.962. The fraction of sp³-hybridized carbons (Fsp3) is 0.778. The fourth-order valence-electron chi connectivity index (χ4n) is 0.988. The van der Waals surface area contributed by atoms with Crippen molar-refractivity contribution in [1.82, 2.24) is 10.4 Å². The SMILES string of the molecule is CN1NC=CC1OCC(C)(C)C(F)(F)F. The first-order chi connectivity index (χ1) is 6.74. The van der Waals surface area contributed by atoms with E-state index in [4.69, 9.17) is 4.74 Å². The van der Waals surface area contributed by atoms with Gasteiger partial charge in [-0.15, -0.1) is 0 Å². The highest BCUT2D eigenvalue weighted by atomic mass is 19.4. The average molecular weight is 224 g/mol. The van der Waals surface area contributed by atoms with Crippen molar-refractivity contribution in [2.45, 2.75) is 26.3 Å². The van der Waals surface area contributed by atoms with Crippen LogP contribution in [0.15, 0.2) is 12.3 Å². The van der Waals surface area contributed by atoms with Crippen molar-refractivity contribution in [3.8, 4) is 0 Å². The van der Waals surface area contributed by atoms with Crippen LogP contribution >= 0.6 is 0 Å². The molecule has 3 nitrogen and oxygen atoms in total. The summed E-state index contributed by atoms with van der Waals surface area (Å²) in [6.07, 6.45) is -1.40. The van der Waals surface area contributed by atoms with Crippen LogP contribution in [-0.2, 0) is 4.74 Å². The Labute approximate surface area is 86.9 Å². The summed E-state index contributed by atoms with van der Waals surface area (Å²) < 4.78 is 42.6. The van der Waals surface area contributed by atoms with Crippen molar-refractivity contribution < 1.29 is 17.9 Å². The average Bonchev–Trinajstić information content (AvgIpc) is 2.46. The van der Waals surface area contributed by atoms with Crippen LogP contribution in [0.4, 0.5) is 13.2 Å². The van der Waals surface area contributed by atoms with E-state index in [1.807, 2.05) is 0 Å². The zero-order valence-electron chi connectivity index (χ0n) is 8.93. The highest BCUT2D eigenvalue weighted by Crippen LogP contribution is 2.37. The Morgan fingerprint density at radius 1 is 1.40 bits per heavy atom. The van der Waals surface area contributed by atoms with E-state index in [9.17, 15) is 13.2 Å². The summed E-state index contributed by atoms with van der Waals surface area (Å²) in [4.78, 5) is 0. The highest BCUT2D eigenvalue weighted by molar-refractivity contribution is 4.93. The molecule has 0 aromatic rings. The molecule has 15 heavy (non-hydrogen) atoms. The van der Waals surface area contributed by atoms with Crippen LogP contribution in [0.25, 0.3) is 0 Å². The van der Waals surface area contributed by atoms with Crippen LogP contribution in [0.1, 0.15) is 13.8 Å². The van der Waals surface area contributed by atoms with Crippen LogP contribution in [0.2, 0.25) is 0 Å². The molecule has 6 heteroatoms. The molecule has 0 spiro atoms. The minimum absolute atomic E-state index is 0.364. The molecule has 0 aliphatic carbocycles. The van der Waals surface area contributed by atoms with Gasteiger partial charge in [-0.2, -0.15) is 18.2 Å². The first-order valence-electron chi connectivity index (χ1n) is 4.58. The van der Waals surface area contributed by atoms with Gasteiger partial charge in [0, 0.05) is 13.2 Å². The summed E-state index contributed by atoms with van der Waals surface area (Å²) in [7, 11) is 1.70. The number of nitrogens with zero attached hydrogens (tertiary/aromatic N) is 1. The van der Waals surface area contributed by atoms with Gasteiger partial charge in [0.15, 0.2) is 0 Å². The minimum Gasteiger partial charge on any atom is -0.357 e. The highest BCUT2D eigenvalue weighted by Gasteiger charge is 2.47. The zero-order valence-corrected chi connectivity index (χ0v) is 8.93. The third kappa shape index (κ3) is 2.85. The number of ether oxygens (including phenoxy) is 1. The lowest BCUT2D eigenvalue weighted by molar-refractivity contribution is -0.234. The molecular formula is C9H15F3N2O. The van der Waals surface area contributed by atoms with E-state index in [0.717, 1.165) is 13.8 Å². The summed E-state index contributed by atoms with van der Waals surface area (Å²) in [6, 6.07) is 0. The zero-order chi connectivity index (χ0) is 11.7. The van der Waals surface area contributed by atoms with Crippen molar-refractivity contribution in [3.05, 3.63) is 12.3 Å². The molecule has 0 aromatic carbocycles. The molecule has 0 amide bonds. The molecule has 1 unspecified atom stereocenters. The molecule has 0 saturated heterocycles. The number of nitrogens with one attached hydrogen (secondary N) is 1. The molecule has 0 aromatic heterocycles. The van der Waals surface area contributed by atoms with Crippen molar-refractivity contribution in [2.75, 3.05) is 13.7 Å². The van der Waals surface area contributed by atoms with E-state index < -0.39 is 17.8 Å². The minimum atomic E-state index is -4.25. The quantitative estimate of drug-likeness (QED) is 0.792. The molecule has 0 bridgehead atoms. The van der Waals surface area contributed by atoms with Crippen molar-refractivity contribution in [3.63, 3.8) is 0 Å². The van der Waals surface area contributed by atoms with Crippen LogP contribution in [0.3, 0.4) is 0 Å². The number of rotatable bonds is 3. The van der Waals surface area contributed by atoms with Crippen molar-refractivity contribution in [2.24, 2.45) is 5.41 Å². The largest absolute Gasteiger partial charge is 0.396 e. The van der Waals surface area contributed by atoms with Crippen LogP contribution in [-0.4, -0.2) is 31.1 Å². The van der Waals surface area contributed by atoms with Gasteiger partial charge >= 0.3 is 6.18 Å². The van der Waals surface area contributed by atoms with Crippen LogP contribution in [0, 0.1) is 5.41 Å². The van der Waals surface area contributed by atoms with E-state index in [1.165, 1.54) is 0 Å². The number of alkyl halides is 3. The second-order valence-corrected chi connectivity index (χ2v) is 4.18. The molecule has 1 heterocycles. The molecule has 1 N–H and O–H groups in total. The normalized spacial score (nSPS) is 23.2. The number of halogens is 3. The number of hydrogen-bond donors (Lipinski definition) is 1. The predicted molar refractivity (Wildman–Crippen MR) is 49.6 cm³/mol. The Kier molecular flexibility index (Phi) is 3.30. The van der Waals surface area contributed by atoms with Gasteiger partial charge in [-0.1, -0.05) is 0 Å². The topological polar surface area (TPSA) is 24.5 Å². The standard InChI is InChI=1S/C9H15F3N2O/c1-8(2,9(10,11)12)6-15-7-4-5-13-14(7)3/h4-5,7,13H,6H2,1-3H3. The van der Waals surface area contributed by atoms with Crippen molar-refractivity contribution in [1.29, 1.82) is 0 Å². The Hall–Kier alpha value is -0.750. The third-order valence-electron chi connectivity index (χ3n) is 2.30. The summed E-state index contributed by atoms with van der Waals surface area (Å²) in [6.45, 7) is 1.88. The van der Waals surface area contributed by atoms with Gasteiger partial charge in [-0.3, -0.25) is 0 Å². The van der Waals surface area contributed by atoms with Crippen LogP contribution in [0.5, 0.6) is 0 Å². The Morgan fingerprint density at radius 3 is 2.40 bits per heavy atom. The lowest BCUT2D eigenvalue weighted by Crippen LogP contribution is -2.41.